The lowest BCUT2D eigenvalue weighted by Gasteiger charge is -2.11. The second-order valence-electron chi connectivity index (χ2n) is 5.24. The molecule has 2 N–H and O–H groups in total. The molecule has 0 atom stereocenters. The Kier molecular flexibility index (Phi) is 7.46. The molecule has 0 saturated carbocycles. The van der Waals surface area contributed by atoms with Crippen LogP contribution in [0.3, 0.4) is 0 Å². The van der Waals surface area contributed by atoms with Gasteiger partial charge in [0.2, 0.25) is 0 Å². The molecule has 2 aromatic carbocycles. The Morgan fingerprint density at radius 1 is 1.00 bits per heavy atom. The van der Waals surface area contributed by atoms with Crippen molar-refractivity contribution >= 4 is 43.7 Å². The number of rotatable bonds is 6. The third-order valence-electron chi connectivity index (χ3n) is 3.36. The fourth-order valence-corrected chi connectivity index (χ4v) is 2.94. The fourth-order valence-electron chi connectivity index (χ4n) is 1.98. The van der Waals surface area contributed by atoms with Crippen LogP contribution in [0, 0.1) is 0 Å². The lowest BCUT2D eigenvalue weighted by Crippen LogP contribution is -2.41. The van der Waals surface area contributed by atoms with E-state index in [0.29, 0.717) is 32.4 Å². The number of nitrogens with one attached hydrogen (secondary N) is 2. The molecule has 0 unspecified atom stereocenters. The molecule has 0 spiro atoms. The molecule has 0 fully saturated rings. The third kappa shape index (κ3) is 5.57. The van der Waals surface area contributed by atoms with Gasteiger partial charge in [-0.25, -0.2) is 0 Å². The summed E-state index contributed by atoms with van der Waals surface area (Å²) in [6, 6.07) is 12.0. The molecule has 7 heteroatoms. The Labute approximate surface area is 163 Å². The predicted octanol–water partition coefficient (Wildman–Crippen LogP) is 4.47. The SMILES string of the molecule is CCCCOc1ccc(C(=O)NNC(=O)c2ccccc2Br)cc1Br. The van der Waals surface area contributed by atoms with Crippen LogP contribution in [-0.2, 0) is 0 Å². The van der Waals surface area contributed by atoms with Crippen molar-refractivity contribution in [2.45, 2.75) is 19.8 Å². The monoisotopic (exact) mass is 468 g/mol. The number of carbonyl (C=O) groups is 2. The van der Waals surface area contributed by atoms with Gasteiger partial charge in [0.1, 0.15) is 5.75 Å². The van der Waals surface area contributed by atoms with Crippen LogP contribution in [0.25, 0.3) is 0 Å². The second kappa shape index (κ2) is 9.58. The van der Waals surface area contributed by atoms with Crippen molar-refractivity contribution in [3.8, 4) is 5.75 Å². The van der Waals surface area contributed by atoms with Crippen molar-refractivity contribution < 1.29 is 14.3 Å². The van der Waals surface area contributed by atoms with Crippen LogP contribution in [0.4, 0.5) is 0 Å². The van der Waals surface area contributed by atoms with E-state index >= 15 is 0 Å². The van der Waals surface area contributed by atoms with E-state index in [-0.39, 0.29) is 0 Å². The van der Waals surface area contributed by atoms with Crippen molar-refractivity contribution in [1.82, 2.24) is 10.9 Å². The van der Waals surface area contributed by atoms with E-state index in [1.54, 1.807) is 42.5 Å². The highest BCUT2D eigenvalue weighted by molar-refractivity contribution is 9.10. The van der Waals surface area contributed by atoms with Crippen molar-refractivity contribution in [1.29, 1.82) is 0 Å². The van der Waals surface area contributed by atoms with Gasteiger partial charge in [-0.3, -0.25) is 20.4 Å². The van der Waals surface area contributed by atoms with Gasteiger partial charge >= 0.3 is 0 Å². The normalized spacial score (nSPS) is 10.2. The number of amides is 2. The number of unbranched alkanes of at least 4 members (excludes halogenated alkanes) is 1. The number of hydrogen-bond donors (Lipinski definition) is 2. The quantitative estimate of drug-likeness (QED) is 0.484. The topological polar surface area (TPSA) is 67.4 Å². The Hall–Kier alpha value is -1.86. The minimum Gasteiger partial charge on any atom is -0.492 e. The maximum absolute atomic E-state index is 12.2. The van der Waals surface area contributed by atoms with Gasteiger partial charge in [0.05, 0.1) is 16.6 Å². The first-order valence-corrected chi connectivity index (χ1v) is 9.39. The highest BCUT2D eigenvalue weighted by atomic mass is 79.9. The number of benzene rings is 2. The molecule has 2 rings (SSSR count). The summed E-state index contributed by atoms with van der Waals surface area (Å²) in [4.78, 5) is 24.3. The molecule has 25 heavy (non-hydrogen) atoms. The molecule has 2 amide bonds. The van der Waals surface area contributed by atoms with Crippen LogP contribution < -0.4 is 15.6 Å². The molecular formula is C18H18Br2N2O3. The predicted molar refractivity (Wildman–Crippen MR) is 104 cm³/mol. The van der Waals surface area contributed by atoms with Crippen LogP contribution in [0.2, 0.25) is 0 Å². The number of hydrogen-bond acceptors (Lipinski definition) is 3. The maximum Gasteiger partial charge on any atom is 0.270 e. The highest BCUT2D eigenvalue weighted by Crippen LogP contribution is 2.26. The van der Waals surface area contributed by atoms with Gasteiger partial charge in [0, 0.05) is 10.0 Å². The van der Waals surface area contributed by atoms with Crippen LogP contribution in [0.1, 0.15) is 40.5 Å². The molecule has 0 radical (unpaired) electrons. The van der Waals surface area contributed by atoms with E-state index in [4.69, 9.17) is 4.74 Å². The third-order valence-corrected chi connectivity index (χ3v) is 4.67. The summed E-state index contributed by atoms with van der Waals surface area (Å²) in [5, 5.41) is 0. The summed E-state index contributed by atoms with van der Waals surface area (Å²) < 4.78 is 6.97. The molecule has 0 aliphatic carbocycles. The van der Waals surface area contributed by atoms with E-state index in [0.717, 1.165) is 12.8 Å². The zero-order chi connectivity index (χ0) is 18.2. The number of halogens is 2. The molecule has 132 valence electrons. The Morgan fingerprint density at radius 3 is 2.40 bits per heavy atom. The van der Waals surface area contributed by atoms with Gasteiger partial charge in [0.15, 0.2) is 0 Å². The van der Waals surface area contributed by atoms with Gasteiger partial charge in [-0.05, 0) is 68.6 Å². The summed E-state index contributed by atoms with van der Waals surface area (Å²) >= 11 is 6.69. The number of ether oxygens (including phenoxy) is 1. The first-order valence-electron chi connectivity index (χ1n) is 7.80. The molecule has 0 aliphatic rings. The summed E-state index contributed by atoms with van der Waals surface area (Å²) in [6.07, 6.45) is 2.02. The molecule has 0 aromatic heterocycles. The molecule has 0 bridgehead atoms. The molecule has 2 aromatic rings. The smallest absolute Gasteiger partial charge is 0.270 e. The maximum atomic E-state index is 12.2. The highest BCUT2D eigenvalue weighted by Gasteiger charge is 2.12. The fraction of sp³-hybridized carbons (Fsp3) is 0.222. The van der Waals surface area contributed by atoms with Crippen LogP contribution in [0.15, 0.2) is 51.4 Å². The zero-order valence-electron chi connectivity index (χ0n) is 13.6. The van der Waals surface area contributed by atoms with Crippen molar-refractivity contribution in [3.63, 3.8) is 0 Å². The van der Waals surface area contributed by atoms with Gasteiger partial charge < -0.3 is 4.74 Å². The standard InChI is InChI=1S/C18H18Br2N2O3/c1-2-3-10-25-16-9-8-12(11-15(16)20)17(23)21-22-18(24)13-6-4-5-7-14(13)19/h4-9,11H,2-3,10H2,1H3,(H,21,23)(H,22,24). The van der Waals surface area contributed by atoms with E-state index in [1.165, 1.54) is 0 Å². The average molecular weight is 470 g/mol. The Balaban J connectivity index is 1.95. The first kappa shape index (κ1) is 19.5. The average Bonchev–Trinajstić information content (AvgIpc) is 2.61. The lowest BCUT2D eigenvalue weighted by molar-refractivity contribution is 0.0846. The van der Waals surface area contributed by atoms with E-state index in [9.17, 15) is 9.59 Å². The van der Waals surface area contributed by atoms with Crippen molar-refractivity contribution in [2.24, 2.45) is 0 Å². The zero-order valence-corrected chi connectivity index (χ0v) is 16.8. The van der Waals surface area contributed by atoms with Gasteiger partial charge in [-0.15, -0.1) is 0 Å². The van der Waals surface area contributed by atoms with E-state index < -0.39 is 11.8 Å². The summed E-state index contributed by atoms with van der Waals surface area (Å²) in [6.45, 7) is 2.72. The molecule has 0 saturated heterocycles. The first-order chi connectivity index (χ1) is 12.0. The van der Waals surface area contributed by atoms with Gasteiger partial charge in [0.25, 0.3) is 11.8 Å². The number of carbonyl (C=O) groups excluding carboxylic acids is 2. The summed E-state index contributed by atoms with van der Waals surface area (Å²) in [7, 11) is 0. The molecule has 5 nitrogen and oxygen atoms in total. The van der Waals surface area contributed by atoms with E-state index in [1.807, 2.05) is 0 Å². The summed E-state index contributed by atoms with van der Waals surface area (Å²) in [5.74, 6) is -0.136. The summed E-state index contributed by atoms with van der Waals surface area (Å²) in [5.41, 5.74) is 5.64. The Morgan fingerprint density at radius 2 is 1.72 bits per heavy atom. The minimum atomic E-state index is -0.416. The second-order valence-corrected chi connectivity index (χ2v) is 6.94. The Bertz CT molecular complexity index is 766. The van der Waals surface area contributed by atoms with Crippen molar-refractivity contribution in [3.05, 3.63) is 62.5 Å². The number of hydrazine groups is 1. The van der Waals surface area contributed by atoms with Crippen molar-refractivity contribution in [2.75, 3.05) is 6.61 Å². The lowest BCUT2D eigenvalue weighted by atomic mass is 10.2. The van der Waals surface area contributed by atoms with Gasteiger partial charge in [-0.2, -0.15) is 0 Å². The molecule has 0 heterocycles. The molecule has 0 aliphatic heterocycles. The molecular weight excluding hydrogens is 452 g/mol. The van der Waals surface area contributed by atoms with Crippen LogP contribution in [-0.4, -0.2) is 18.4 Å². The van der Waals surface area contributed by atoms with Crippen LogP contribution >= 0.6 is 31.9 Å². The van der Waals surface area contributed by atoms with E-state index in [2.05, 4.69) is 49.6 Å². The van der Waals surface area contributed by atoms with Crippen LogP contribution in [0.5, 0.6) is 5.75 Å². The largest absolute Gasteiger partial charge is 0.492 e. The van der Waals surface area contributed by atoms with Gasteiger partial charge in [-0.1, -0.05) is 25.5 Å². The minimum absolute atomic E-state index is 0.403.